The van der Waals surface area contributed by atoms with Gasteiger partial charge in [0.15, 0.2) is 5.16 Å². The van der Waals surface area contributed by atoms with Gasteiger partial charge in [-0.05, 0) is 30.7 Å². The second kappa shape index (κ2) is 9.70. The molecule has 0 radical (unpaired) electrons. The van der Waals surface area contributed by atoms with Gasteiger partial charge >= 0.3 is 0 Å². The number of thioether (sulfide) groups is 1. The summed E-state index contributed by atoms with van der Waals surface area (Å²) >= 11 is 1.07. The van der Waals surface area contributed by atoms with Crippen LogP contribution in [0.1, 0.15) is 11.3 Å². The van der Waals surface area contributed by atoms with Crippen molar-refractivity contribution >= 4 is 29.0 Å². The maximum Gasteiger partial charge on any atom is 0.269 e. The van der Waals surface area contributed by atoms with Crippen LogP contribution in [0.4, 0.5) is 11.4 Å². The zero-order valence-corrected chi connectivity index (χ0v) is 16.8. The SMILES string of the molecule is Cc1cc([N+](=O)[O-])ccc1NC(=O)CSc1nc(COc2ccccc2)cc(=O)[nH]1. The molecule has 1 amide bonds. The highest BCUT2D eigenvalue weighted by atomic mass is 32.2. The molecule has 2 aromatic carbocycles. The van der Waals surface area contributed by atoms with Crippen LogP contribution in [0.15, 0.2) is 64.5 Å². The number of H-pyrrole nitrogens is 1. The molecule has 2 N–H and O–H groups in total. The minimum atomic E-state index is -0.495. The standard InChI is InChI=1S/C20H18N4O5S/c1-13-9-15(24(27)28)7-8-17(13)22-19(26)12-30-20-21-14(10-18(25)23-20)11-29-16-5-3-2-4-6-16/h2-10H,11-12H2,1H3,(H,22,26)(H,21,23,25). The van der Waals surface area contributed by atoms with Gasteiger partial charge in [-0.1, -0.05) is 30.0 Å². The molecule has 0 aliphatic carbocycles. The Bertz CT molecular complexity index is 1120. The molecule has 0 aliphatic heterocycles. The van der Waals surface area contributed by atoms with Crippen molar-refractivity contribution in [3.63, 3.8) is 0 Å². The van der Waals surface area contributed by atoms with E-state index in [1.54, 1.807) is 19.1 Å². The number of rotatable bonds is 8. The molecule has 3 rings (SSSR count). The first kappa shape index (κ1) is 21.1. The van der Waals surface area contributed by atoms with Crippen molar-refractivity contribution < 1.29 is 14.5 Å². The fourth-order valence-electron chi connectivity index (χ4n) is 2.52. The first-order valence-corrected chi connectivity index (χ1v) is 9.85. The summed E-state index contributed by atoms with van der Waals surface area (Å²) in [5.41, 5.74) is 1.12. The van der Waals surface area contributed by atoms with Crippen molar-refractivity contribution in [3.05, 3.63) is 86.3 Å². The van der Waals surface area contributed by atoms with Gasteiger partial charge in [-0.2, -0.15) is 0 Å². The van der Waals surface area contributed by atoms with Crippen molar-refractivity contribution in [1.82, 2.24) is 9.97 Å². The van der Waals surface area contributed by atoms with Crippen LogP contribution in [0.3, 0.4) is 0 Å². The van der Waals surface area contributed by atoms with E-state index in [-0.39, 0.29) is 29.5 Å². The fourth-order valence-corrected chi connectivity index (χ4v) is 3.22. The molecule has 30 heavy (non-hydrogen) atoms. The number of hydrogen-bond acceptors (Lipinski definition) is 7. The molecule has 1 aromatic heterocycles. The Labute approximate surface area is 175 Å². The van der Waals surface area contributed by atoms with Gasteiger partial charge in [0.1, 0.15) is 12.4 Å². The van der Waals surface area contributed by atoms with E-state index >= 15 is 0 Å². The highest BCUT2D eigenvalue weighted by Gasteiger charge is 2.11. The number of carbonyl (C=O) groups excluding carboxylic acids is 1. The number of non-ortho nitro benzene ring substituents is 1. The number of aromatic nitrogens is 2. The molecular formula is C20H18N4O5S. The van der Waals surface area contributed by atoms with Crippen molar-refractivity contribution in [2.75, 3.05) is 11.1 Å². The number of benzene rings is 2. The van der Waals surface area contributed by atoms with E-state index in [4.69, 9.17) is 4.74 Å². The lowest BCUT2D eigenvalue weighted by Gasteiger charge is -2.09. The van der Waals surface area contributed by atoms with Crippen LogP contribution >= 0.6 is 11.8 Å². The molecule has 0 aliphatic rings. The Morgan fingerprint density at radius 3 is 2.70 bits per heavy atom. The number of anilines is 1. The lowest BCUT2D eigenvalue weighted by molar-refractivity contribution is -0.384. The van der Waals surface area contributed by atoms with E-state index in [1.807, 2.05) is 18.2 Å². The highest BCUT2D eigenvalue weighted by molar-refractivity contribution is 7.99. The van der Waals surface area contributed by atoms with E-state index in [1.165, 1.54) is 24.3 Å². The van der Waals surface area contributed by atoms with Gasteiger partial charge in [0, 0.05) is 23.9 Å². The lowest BCUT2D eigenvalue weighted by Crippen LogP contribution is -2.16. The molecule has 0 bridgehead atoms. The second-order valence-electron chi connectivity index (χ2n) is 6.24. The van der Waals surface area contributed by atoms with E-state index in [0.29, 0.717) is 27.9 Å². The Balaban J connectivity index is 1.58. The number of nitro benzene ring substituents is 1. The van der Waals surface area contributed by atoms with Gasteiger partial charge in [-0.15, -0.1) is 0 Å². The molecule has 0 saturated carbocycles. The molecule has 0 atom stereocenters. The van der Waals surface area contributed by atoms with E-state index in [2.05, 4.69) is 15.3 Å². The Hall–Kier alpha value is -3.66. The normalized spacial score (nSPS) is 10.4. The number of nitro groups is 1. The maximum atomic E-state index is 12.2. The number of aryl methyl sites for hydroxylation is 1. The first-order valence-electron chi connectivity index (χ1n) is 8.86. The number of ether oxygens (including phenoxy) is 1. The average molecular weight is 426 g/mol. The van der Waals surface area contributed by atoms with E-state index < -0.39 is 4.92 Å². The predicted molar refractivity (Wildman–Crippen MR) is 113 cm³/mol. The number of nitrogens with one attached hydrogen (secondary N) is 2. The molecule has 10 heteroatoms. The van der Waals surface area contributed by atoms with Crippen LogP contribution < -0.4 is 15.6 Å². The van der Waals surface area contributed by atoms with Crippen molar-refractivity contribution in [2.24, 2.45) is 0 Å². The Morgan fingerprint density at radius 1 is 1.23 bits per heavy atom. The summed E-state index contributed by atoms with van der Waals surface area (Å²) in [6.07, 6.45) is 0. The van der Waals surface area contributed by atoms with Gasteiger partial charge in [0.05, 0.1) is 16.4 Å². The second-order valence-corrected chi connectivity index (χ2v) is 7.20. The topological polar surface area (TPSA) is 127 Å². The zero-order valence-electron chi connectivity index (χ0n) is 16.0. The van der Waals surface area contributed by atoms with E-state index in [9.17, 15) is 19.7 Å². The number of carbonyl (C=O) groups is 1. The smallest absolute Gasteiger partial charge is 0.269 e. The molecular weight excluding hydrogens is 408 g/mol. The molecule has 0 fully saturated rings. The minimum Gasteiger partial charge on any atom is -0.487 e. The summed E-state index contributed by atoms with van der Waals surface area (Å²) in [6, 6.07) is 14.7. The maximum absolute atomic E-state index is 12.2. The largest absolute Gasteiger partial charge is 0.487 e. The number of aromatic amines is 1. The van der Waals surface area contributed by atoms with Crippen LogP contribution in [0.2, 0.25) is 0 Å². The molecule has 1 heterocycles. The Kier molecular flexibility index (Phi) is 6.81. The quantitative estimate of drug-likeness (QED) is 0.245. The summed E-state index contributed by atoms with van der Waals surface area (Å²) in [5.74, 6) is 0.333. The van der Waals surface area contributed by atoms with Gasteiger partial charge in [-0.3, -0.25) is 19.7 Å². The monoisotopic (exact) mass is 426 g/mol. The number of hydrogen-bond donors (Lipinski definition) is 2. The highest BCUT2D eigenvalue weighted by Crippen LogP contribution is 2.22. The summed E-state index contributed by atoms with van der Waals surface area (Å²) in [4.78, 5) is 41.3. The fraction of sp³-hybridized carbons (Fsp3) is 0.150. The third-order valence-electron chi connectivity index (χ3n) is 3.94. The third-order valence-corrected chi connectivity index (χ3v) is 4.81. The van der Waals surface area contributed by atoms with Crippen LogP contribution in [0, 0.1) is 17.0 Å². The summed E-state index contributed by atoms with van der Waals surface area (Å²) in [7, 11) is 0. The third kappa shape index (κ3) is 5.92. The molecule has 0 saturated heterocycles. The van der Waals surface area contributed by atoms with Crippen molar-refractivity contribution in [3.8, 4) is 5.75 Å². The van der Waals surface area contributed by atoms with Crippen LogP contribution in [0.25, 0.3) is 0 Å². The number of para-hydroxylation sites is 1. The minimum absolute atomic E-state index is 0.00234. The van der Waals surface area contributed by atoms with Crippen molar-refractivity contribution in [1.29, 1.82) is 0 Å². The van der Waals surface area contributed by atoms with Crippen molar-refractivity contribution in [2.45, 2.75) is 18.7 Å². The number of nitrogens with zero attached hydrogens (tertiary/aromatic N) is 2. The van der Waals surface area contributed by atoms with E-state index in [0.717, 1.165) is 11.8 Å². The molecule has 154 valence electrons. The van der Waals surface area contributed by atoms with Gasteiger partial charge in [-0.25, -0.2) is 4.98 Å². The first-order chi connectivity index (χ1) is 14.4. The van der Waals surface area contributed by atoms with Gasteiger partial charge in [0.25, 0.3) is 11.2 Å². The van der Waals surface area contributed by atoms with Gasteiger partial charge in [0.2, 0.25) is 5.91 Å². The zero-order chi connectivity index (χ0) is 21.5. The average Bonchev–Trinajstić information content (AvgIpc) is 2.72. The molecule has 9 nitrogen and oxygen atoms in total. The van der Waals surface area contributed by atoms with Crippen LogP contribution in [-0.2, 0) is 11.4 Å². The van der Waals surface area contributed by atoms with Gasteiger partial charge < -0.3 is 15.0 Å². The van der Waals surface area contributed by atoms with Crippen LogP contribution in [0.5, 0.6) is 5.75 Å². The molecule has 0 unspecified atom stereocenters. The lowest BCUT2D eigenvalue weighted by atomic mass is 10.2. The van der Waals surface area contributed by atoms with Crippen LogP contribution in [-0.4, -0.2) is 26.6 Å². The summed E-state index contributed by atoms with van der Waals surface area (Å²) in [5, 5.41) is 13.8. The number of amides is 1. The summed E-state index contributed by atoms with van der Waals surface area (Å²) in [6.45, 7) is 1.79. The summed E-state index contributed by atoms with van der Waals surface area (Å²) < 4.78 is 5.59. The molecule has 3 aromatic rings. The molecule has 0 spiro atoms. The Morgan fingerprint density at radius 2 is 2.00 bits per heavy atom. The predicted octanol–water partition coefficient (Wildman–Crippen LogP) is 3.30.